The van der Waals surface area contributed by atoms with E-state index in [-0.39, 0.29) is 11.8 Å². The second kappa shape index (κ2) is 5.75. The van der Waals surface area contributed by atoms with Gasteiger partial charge in [-0.25, -0.2) is 5.01 Å². The summed E-state index contributed by atoms with van der Waals surface area (Å²) in [6.45, 7) is 0.540. The number of carbonyl (C=O) groups excluding carboxylic acids is 1. The van der Waals surface area contributed by atoms with Gasteiger partial charge in [0.15, 0.2) is 0 Å². The number of hydrogen-bond acceptors (Lipinski definition) is 4. The Hall–Kier alpha value is -2.69. The molecule has 2 aromatic rings. The lowest BCUT2D eigenvalue weighted by Gasteiger charge is -2.14. The molecule has 1 aromatic heterocycles. The molecule has 0 saturated carbocycles. The Morgan fingerprint density at radius 1 is 1.14 bits per heavy atom. The molecule has 106 valence electrons. The molecule has 1 aliphatic heterocycles. The van der Waals surface area contributed by atoms with Crippen LogP contribution in [0.2, 0.25) is 0 Å². The van der Waals surface area contributed by atoms with Crippen LogP contribution in [-0.4, -0.2) is 28.7 Å². The number of aromatic nitrogens is 1. The monoisotopic (exact) mass is 280 g/mol. The van der Waals surface area contributed by atoms with Crippen molar-refractivity contribution in [1.82, 2.24) is 9.99 Å². The number of pyridine rings is 1. The Morgan fingerprint density at radius 2 is 1.95 bits per heavy atom. The summed E-state index contributed by atoms with van der Waals surface area (Å²) in [6, 6.07) is 13.1. The minimum absolute atomic E-state index is 0.00398. The standard InChI is InChI=1S/C16H16N4O/c17-13-6-4-12(5-7-13)15-11-19-20(16(15)21)10-8-14-3-1-2-9-18-14/h1-7,9,11,15H,8,10,17H2/t15-/m1/s1. The first-order valence-electron chi connectivity index (χ1n) is 6.85. The number of hydrogen-bond donors (Lipinski definition) is 1. The Bertz CT molecular complexity index is 652. The molecule has 3 rings (SSSR count). The lowest BCUT2D eigenvalue weighted by molar-refractivity contribution is -0.129. The average molecular weight is 280 g/mol. The molecule has 0 spiro atoms. The fourth-order valence-corrected chi connectivity index (χ4v) is 2.29. The molecule has 1 aromatic carbocycles. The van der Waals surface area contributed by atoms with Crippen molar-refractivity contribution in [2.45, 2.75) is 12.3 Å². The Labute approximate surface area is 123 Å². The highest BCUT2D eigenvalue weighted by molar-refractivity contribution is 6.02. The molecule has 0 fully saturated rings. The second-order valence-electron chi connectivity index (χ2n) is 4.94. The minimum Gasteiger partial charge on any atom is -0.399 e. The van der Waals surface area contributed by atoms with Gasteiger partial charge in [-0.15, -0.1) is 0 Å². The van der Waals surface area contributed by atoms with Crippen molar-refractivity contribution >= 4 is 17.8 Å². The molecule has 2 heterocycles. The molecule has 2 N–H and O–H groups in total. The second-order valence-corrected chi connectivity index (χ2v) is 4.94. The van der Waals surface area contributed by atoms with Crippen LogP contribution in [0.4, 0.5) is 5.69 Å². The zero-order chi connectivity index (χ0) is 14.7. The van der Waals surface area contributed by atoms with E-state index in [1.54, 1.807) is 24.5 Å². The van der Waals surface area contributed by atoms with Crippen molar-refractivity contribution in [2.75, 3.05) is 12.3 Å². The number of nitrogens with two attached hydrogens (primary N) is 1. The first-order chi connectivity index (χ1) is 10.2. The summed E-state index contributed by atoms with van der Waals surface area (Å²) in [5, 5.41) is 5.72. The third-order valence-electron chi connectivity index (χ3n) is 3.48. The summed E-state index contributed by atoms with van der Waals surface area (Å²) in [6.07, 6.45) is 4.13. The predicted octanol–water partition coefficient (Wildman–Crippen LogP) is 1.82. The third-order valence-corrected chi connectivity index (χ3v) is 3.48. The zero-order valence-electron chi connectivity index (χ0n) is 11.5. The summed E-state index contributed by atoms with van der Waals surface area (Å²) < 4.78 is 0. The highest BCUT2D eigenvalue weighted by Crippen LogP contribution is 2.23. The molecule has 0 saturated heterocycles. The fraction of sp³-hybridized carbons (Fsp3) is 0.188. The largest absolute Gasteiger partial charge is 0.399 e. The van der Waals surface area contributed by atoms with Gasteiger partial charge in [0.05, 0.1) is 6.54 Å². The lowest BCUT2D eigenvalue weighted by Crippen LogP contribution is -2.27. The van der Waals surface area contributed by atoms with E-state index in [4.69, 9.17) is 5.73 Å². The minimum atomic E-state index is -0.311. The maximum absolute atomic E-state index is 12.4. The van der Waals surface area contributed by atoms with Gasteiger partial charge in [0.2, 0.25) is 0 Å². The molecular weight excluding hydrogens is 264 g/mol. The van der Waals surface area contributed by atoms with E-state index in [1.807, 2.05) is 30.3 Å². The van der Waals surface area contributed by atoms with Crippen LogP contribution in [-0.2, 0) is 11.2 Å². The Morgan fingerprint density at radius 3 is 2.67 bits per heavy atom. The summed E-state index contributed by atoms with van der Waals surface area (Å²) in [7, 11) is 0. The summed E-state index contributed by atoms with van der Waals surface area (Å²) in [5.74, 6) is -0.315. The van der Waals surface area contributed by atoms with E-state index >= 15 is 0 Å². The van der Waals surface area contributed by atoms with Crippen LogP contribution < -0.4 is 5.73 Å². The first kappa shape index (κ1) is 13.3. The predicted molar refractivity (Wildman–Crippen MR) is 81.7 cm³/mol. The Balaban J connectivity index is 1.64. The van der Waals surface area contributed by atoms with Crippen molar-refractivity contribution in [1.29, 1.82) is 0 Å². The van der Waals surface area contributed by atoms with Gasteiger partial charge in [0, 0.05) is 30.2 Å². The molecule has 5 heteroatoms. The van der Waals surface area contributed by atoms with Gasteiger partial charge >= 0.3 is 0 Å². The van der Waals surface area contributed by atoms with Gasteiger partial charge in [-0.3, -0.25) is 9.78 Å². The van der Waals surface area contributed by atoms with Crippen molar-refractivity contribution in [2.24, 2.45) is 5.10 Å². The van der Waals surface area contributed by atoms with Crippen LogP contribution in [0.15, 0.2) is 53.8 Å². The van der Waals surface area contributed by atoms with Crippen LogP contribution >= 0.6 is 0 Å². The molecular formula is C16H16N4O. The van der Waals surface area contributed by atoms with Gasteiger partial charge in [-0.1, -0.05) is 18.2 Å². The van der Waals surface area contributed by atoms with Crippen molar-refractivity contribution < 1.29 is 4.79 Å². The van der Waals surface area contributed by atoms with Crippen molar-refractivity contribution in [3.8, 4) is 0 Å². The van der Waals surface area contributed by atoms with Crippen LogP contribution in [0, 0.1) is 0 Å². The maximum Gasteiger partial charge on any atom is 0.255 e. The highest BCUT2D eigenvalue weighted by atomic mass is 16.2. The van der Waals surface area contributed by atoms with E-state index in [9.17, 15) is 4.79 Å². The van der Waals surface area contributed by atoms with Gasteiger partial charge in [0.1, 0.15) is 5.92 Å². The molecule has 0 bridgehead atoms. The number of carbonyl (C=O) groups is 1. The molecule has 0 unspecified atom stereocenters. The number of benzene rings is 1. The highest BCUT2D eigenvalue weighted by Gasteiger charge is 2.29. The SMILES string of the molecule is Nc1ccc([C@H]2C=NN(CCc3ccccn3)C2=O)cc1. The molecule has 0 radical (unpaired) electrons. The quantitative estimate of drug-likeness (QED) is 0.868. The number of anilines is 1. The first-order valence-corrected chi connectivity index (χ1v) is 6.85. The molecule has 21 heavy (non-hydrogen) atoms. The summed E-state index contributed by atoms with van der Waals surface area (Å²) >= 11 is 0. The Kier molecular flexibility index (Phi) is 3.64. The summed E-state index contributed by atoms with van der Waals surface area (Å²) in [5.41, 5.74) is 8.22. The van der Waals surface area contributed by atoms with E-state index in [0.29, 0.717) is 18.7 Å². The van der Waals surface area contributed by atoms with E-state index < -0.39 is 0 Å². The van der Waals surface area contributed by atoms with Crippen LogP contribution in [0.5, 0.6) is 0 Å². The lowest BCUT2D eigenvalue weighted by atomic mass is 10.00. The van der Waals surface area contributed by atoms with Crippen molar-refractivity contribution in [3.63, 3.8) is 0 Å². The van der Waals surface area contributed by atoms with Crippen LogP contribution in [0.1, 0.15) is 17.2 Å². The van der Waals surface area contributed by atoms with E-state index in [0.717, 1.165) is 11.3 Å². The smallest absolute Gasteiger partial charge is 0.255 e. The van der Waals surface area contributed by atoms with Gasteiger partial charge in [0.25, 0.3) is 5.91 Å². The fourth-order valence-electron chi connectivity index (χ4n) is 2.29. The number of nitrogens with zero attached hydrogens (tertiary/aromatic N) is 3. The molecule has 1 aliphatic rings. The number of amides is 1. The number of nitrogen functional groups attached to an aromatic ring is 1. The maximum atomic E-state index is 12.4. The van der Waals surface area contributed by atoms with Gasteiger partial charge < -0.3 is 5.73 Å². The average Bonchev–Trinajstić information content (AvgIpc) is 2.88. The normalized spacial score (nSPS) is 17.4. The molecule has 5 nitrogen and oxygen atoms in total. The molecule has 1 atom stereocenters. The summed E-state index contributed by atoms with van der Waals surface area (Å²) in [4.78, 5) is 16.6. The number of hydrazone groups is 1. The van der Waals surface area contributed by atoms with Gasteiger partial charge in [-0.2, -0.15) is 5.10 Å². The topological polar surface area (TPSA) is 71.6 Å². The number of rotatable bonds is 4. The van der Waals surface area contributed by atoms with Crippen LogP contribution in [0.25, 0.3) is 0 Å². The van der Waals surface area contributed by atoms with E-state index in [1.165, 1.54) is 5.01 Å². The molecule has 0 aliphatic carbocycles. The van der Waals surface area contributed by atoms with E-state index in [2.05, 4.69) is 10.1 Å². The molecule has 1 amide bonds. The zero-order valence-corrected chi connectivity index (χ0v) is 11.5. The van der Waals surface area contributed by atoms with Gasteiger partial charge in [-0.05, 0) is 29.8 Å². The third kappa shape index (κ3) is 2.91. The van der Waals surface area contributed by atoms with Crippen molar-refractivity contribution in [3.05, 3.63) is 59.9 Å². The van der Waals surface area contributed by atoms with Crippen LogP contribution in [0.3, 0.4) is 0 Å².